The zero-order chi connectivity index (χ0) is 70.7. The van der Waals surface area contributed by atoms with E-state index in [1.807, 2.05) is 17.1 Å². The summed E-state index contributed by atoms with van der Waals surface area (Å²) < 4.78 is 107. The third kappa shape index (κ3) is 11.2. The lowest BCUT2D eigenvalue weighted by atomic mass is 9.55. The number of ether oxygens (including phenoxy) is 1. The Morgan fingerprint density at radius 1 is 0.631 bits per heavy atom. The maximum absolute atomic E-state index is 18.1. The Hall–Kier alpha value is -8.66. The molecule has 0 amide bonds. The molecule has 15 atom stereocenters. The van der Waals surface area contributed by atoms with E-state index in [1.54, 1.807) is 24.3 Å². The van der Waals surface area contributed by atoms with Crippen LogP contribution in [0.3, 0.4) is 0 Å². The molecule has 0 N–H and O–H groups in total. The fourth-order valence-corrected chi connectivity index (χ4v) is 21.2. The molecule has 17 rings (SSSR count). The third-order valence-corrected chi connectivity index (χ3v) is 26.0. The van der Waals surface area contributed by atoms with Crippen molar-refractivity contribution in [2.75, 3.05) is 4.90 Å². The zero-order valence-electron chi connectivity index (χ0n) is 59.6. The first-order chi connectivity index (χ1) is 50.0. The minimum Gasteiger partial charge on any atom is -0.369 e. The van der Waals surface area contributed by atoms with Gasteiger partial charge in [-0.1, -0.05) is 186 Å². The predicted molar refractivity (Wildman–Crippen MR) is 407 cm³/mol. The molecule has 526 valence electrons. The van der Waals surface area contributed by atoms with Crippen molar-refractivity contribution >= 4 is 17.3 Å². The van der Waals surface area contributed by atoms with Gasteiger partial charge in [0.2, 0.25) is 0 Å². The number of halogens is 6. The second-order valence-corrected chi connectivity index (χ2v) is 31.6. The molecule has 0 spiro atoms. The summed E-state index contributed by atoms with van der Waals surface area (Å²) >= 11 is 0. The Kier molecular flexibility index (Phi) is 17.6. The van der Waals surface area contributed by atoms with Crippen molar-refractivity contribution in [3.63, 3.8) is 0 Å². The summed E-state index contributed by atoms with van der Waals surface area (Å²) in [4.78, 5) is 4.03. The fourth-order valence-electron chi connectivity index (χ4n) is 21.2. The summed E-state index contributed by atoms with van der Waals surface area (Å²) in [7, 11) is 0. The van der Waals surface area contributed by atoms with Crippen LogP contribution < -0.4 is 4.90 Å². The van der Waals surface area contributed by atoms with Gasteiger partial charge in [0.25, 0.3) is 0 Å². The van der Waals surface area contributed by atoms with Gasteiger partial charge in [0.1, 0.15) is 36.0 Å². The smallest absolute Gasteiger partial charge is 0.147 e. The van der Waals surface area contributed by atoms with Crippen molar-refractivity contribution in [1.82, 2.24) is 4.90 Å². The first-order valence-electron chi connectivity index (χ1n) is 38.1. The molecule has 0 aromatic heterocycles. The Morgan fingerprint density at radius 3 is 2.11 bits per heavy atom. The van der Waals surface area contributed by atoms with Crippen LogP contribution in [0.5, 0.6) is 0 Å². The molecule has 1 saturated heterocycles. The van der Waals surface area contributed by atoms with Gasteiger partial charge in [-0.2, -0.15) is 0 Å². The van der Waals surface area contributed by atoms with Gasteiger partial charge < -0.3 is 14.5 Å². The van der Waals surface area contributed by atoms with E-state index in [1.165, 1.54) is 97.2 Å². The average Bonchev–Trinajstić information content (AvgIpc) is 1.55. The van der Waals surface area contributed by atoms with Crippen LogP contribution in [0.2, 0.25) is 0 Å². The number of fused-ring (bicyclic) bond motifs is 6. The van der Waals surface area contributed by atoms with Crippen LogP contribution in [0.15, 0.2) is 309 Å². The largest absolute Gasteiger partial charge is 0.369 e. The quantitative estimate of drug-likeness (QED) is 0.138. The van der Waals surface area contributed by atoms with Crippen LogP contribution in [0.1, 0.15) is 141 Å². The van der Waals surface area contributed by atoms with Gasteiger partial charge in [0.05, 0.1) is 29.6 Å². The van der Waals surface area contributed by atoms with Crippen LogP contribution in [0.4, 0.5) is 32.0 Å². The van der Waals surface area contributed by atoms with Crippen LogP contribution in [-0.2, 0) is 10.2 Å². The molecule has 1 fully saturated rings. The number of rotatable bonds is 14. The van der Waals surface area contributed by atoms with E-state index in [-0.39, 0.29) is 89.3 Å². The Bertz CT molecular complexity index is 4720. The molecule has 3 nitrogen and oxygen atoms in total. The van der Waals surface area contributed by atoms with Crippen molar-refractivity contribution in [2.45, 2.75) is 166 Å². The van der Waals surface area contributed by atoms with Crippen LogP contribution in [0, 0.1) is 58.5 Å². The maximum Gasteiger partial charge on any atom is 0.147 e. The van der Waals surface area contributed by atoms with Gasteiger partial charge in [-0.25, -0.2) is 26.3 Å². The maximum atomic E-state index is 18.1. The number of allylic oxidation sites excluding steroid dienone is 39. The van der Waals surface area contributed by atoms with Crippen LogP contribution in [0.25, 0.3) is 11.6 Å². The summed E-state index contributed by atoms with van der Waals surface area (Å²) in [6.45, 7) is 17.4. The van der Waals surface area contributed by atoms with E-state index in [2.05, 4.69) is 179 Å². The Labute approximate surface area is 604 Å². The van der Waals surface area contributed by atoms with Crippen LogP contribution in [-0.4, -0.2) is 41.7 Å². The summed E-state index contributed by atoms with van der Waals surface area (Å²) in [6, 6.07) is 11.2. The van der Waals surface area contributed by atoms with Crippen molar-refractivity contribution in [1.29, 1.82) is 0 Å². The summed E-state index contributed by atoms with van der Waals surface area (Å²) in [6.07, 6.45) is 61.0. The minimum absolute atomic E-state index is 0.0701. The molecule has 9 heteroatoms. The summed E-state index contributed by atoms with van der Waals surface area (Å²) in [5.41, 5.74) is 20.1. The lowest BCUT2D eigenvalue weighted by molar-refractivity contribution is 0.0489. The number of benzene rings is 2. The molecule has 15 aliphatic rings. The van der Waals surface area contributed by atoms with E-state index in [9.17, 15) is 8.78 Å². The molecule has 0 bridgehead atoms. The highest BCUT2D eigenvalue weighted by Crippen LogP contribution is 2.67. The van der Waals surface area contributed by atoms with Gasteiger partial charge in [-0.05, 0) is 221 Å². The number of hydrogen-bond acceptors (Lipinski definition) is 3. The fraction of sp³-hybridized carbons (Fsp3) is 0.362. The second-order valence-electron chi connectivity index (χ2n) is 31.6. The summed E-state index contributed by atoms with van der Waals surface area (Å²) in [5, 5.41) is 0. The van der Waals surface area contributed by atoms with Gasteiger partial charge in [0.15, 0.2) is 0 Å². The third-order valence-electron chi connectivity index (χ3n) is 26.0. The van der Waals surface area contributed by atoms with Crippen molar-refractivity contribution in [2.24, 2.45) is 46.8 Å². The SMILES string of the molecule is C=Cc1ccc(C2(C3CC(C)=CC=C3C)C3=C(CCCC3)C3C=CC(N(C4=CC5OC6CC(N(C7=CC8=C(CC7)C7=C(CCC=C7)C8(C7=CCC(C=C)C=C7)C7CC(C)=CC=C7C)c7cc(F)c(C8=CCC(F)C=C8)cc7F)C=CC6C5C=C4)C4=CC(F)=C(C5=CCC(F)C=C5)CC4F)=CC32)cc1. The van der Waals surface area contributed by atoms with E-state index < -0.39 is 59.0 Å². The van der Waals surface area contributed by atoms with Crippen molar-refractivity contribution in [3.05, 3.63) is 337 Å². The molecule has 1 aliphatic heterocycles. The summed E-state index contributed by atoms with van der Waals surface area (Å²) in [5.74, 6) is -1.46. The monoisotopic (exact) mass is 1380 g/mol. The molecule has 14 aliphatic carbocycles. The van der Waals surface area contributed by atoms with Gasteiger partial charge in [0, 0.05) is 88.4 Å². The number of anilines is 1. The first-order valence-corrected chi connectivity index (χ1v) is 38.1. The van der Waals surface area contributed by atoms with E-state index in [4.69, 9.17) is 4.74 Å². The van der Waals surface area contributed by atoms with Gasteiger partial charge in [-0.3, -0.25) is 0 Å². The van der Waals surface area contributed by atoms with E-state index in [0.717, 1.165) is 74.7 Å². The number of nitrogens with zero attached hydrogens (tertiary/aromatic N) is 2. The average molecular weight is 1380 g/mol. The minimum atomic E-state index is -1.63. The van der Waals surface area contributed by atoms with Crippen molar-refractivity contribution < 1.29 is 31.1 Å². The van der Waals surface area contributed by atoms with Crippen LogP contribution >= 0.6 is 0 Å². The second kappa shape index (κ2) is 26.8. The molecule has 2 aromatic carbocycles. The molecule has 0 radical (unpaired) electrons. The standard InChI is InChI=1S/C94H92F6N2O/c1-7-59-21-29-63(30-22-59)93(81-45-55(3)17-19-57(81)5)79-15-11-9-13-71(79)73-41-37-67(47-83(73)93)101(89-53-85(97)77(51-87(89)99)61-25-33-65(95)34-26-61)69-39-43-75-76-44-40-70(50-92(76)103-91(75)49-69)102(90-54-86(98)78(52-88(90)100)62-27-35-66(96)36-28-62)68-38-42-74-72-14-10-12-16-80(72)94(84(74)48-68,64-31-23-60(8-2)24-32-64)82-46-56(4)18-20-58(82)6/h7-9,13,17-21,23-33,35,38-40,42-44,47-48,50-51,53-54,59,65-66,69,74-76,81-82,84,88,91-92H,1-2,10-12,14-16,22,34,36-37,41,45-46,49,52H2,3-6H3. The lowest BCUT2D eigenvalue weighted by Gasteiger charge is -2.48. The van der Waals surface area contributed by atoms with Crippen molar-refractivity contribution in [3.8, 4) is 0 Å². The predicted octanol–water partition coefficient (Wildman–Crippen LogP) is 23.9. The highest BCUT2D eigenvalue weighted by molar-refractivity contribution is 5.78. The molecule has 0 saturated carbocycles. The van der Waals surface area contributed by atoms with Gasteiger partial charge in [-0.15, -0.1) is 6.58 Å². The molecule has 2 aromatic rings. The molecule has 1 heterocycles. The van der Waals surface area contributed by atoms with E-state index in [0.29, 0.717) is 36.1 Å². The Balaban J connectivity index is 0.768. The highest BCUT2D eigenvalue weighted by atomic mass is 19.2. The highest BCUT2D eigenvalue weighted by Gasteiger charge is 2.59. The van der Waals surface area contributed by atoms with E-state index >= 15 is 17.6 Å². The van der Waals surface area contributed by atoms with Gasteiger partial charge >= 0.3 is 0 Å². The zero-order valence-corrected chi connectivity index (χ0v) is 59.6. The number of alkyl halides is 3. The molecular weight excluding hydrogens is 1290 g/mol. The number of hydrogen-bond donors (Lipinski definition) is 0. The topological polar surface area (TPSA) is 15.7 Å². The first kappa shape index (κ1) is 67.5. The molecule has 15 unspecified atom stereocenters. The molecule has 103 heavy (non-hydrogen) atoms. The normalized spacial score (nSPS) is 34.0. The lowest BCUT2D eigenvalue weighted by Crippen LogP contribution is -2.45. The Morgan fingerprint density at radius 2 is 1.37 bits per heavy atom. The molecular formula is C94H92F6N2O.